The van der Waals surface area contributed by atoms with Gasteiger partial charge in [0.2, 0.25) is 11.8 Å². The fourth-order valence-electron chi connectivity index (χ4n) is 1.45. The van der Waals surface area contributed by atoms with E-state index in [-0.39, 0.29) is 18.4 Å². The normalized spacial score (nSPS) is 18.9. The minimum Gasteiger partial charge on any atom is -0.381 e. The Kier molecular flexibility index (Phi) is 4.26. The number of nitrogens with zero attached hydrogens (tertiary/aromatic N) is 1. The van der Waals surface area contributed by atoms with Crippen molar-refractivity contribution in [2.24, 2.45) is 5.73 Å². The van der Waals surface area contributed by atoms with Crippen LogP contribution in [0.3, 0.4) is 0 Å². The van der Waals surface area contributed by atoms with E-state index in [0.29, 0.717) is 26.1 Å². The Morgan fingerprint density at radius 1 is 1.38 bits per heavy atom. The number of nitrogens with two attached hydrogens (primary N) is 1. The van der Waals surface area contributed by atoms with Crippen molar-refractivity contribution in [3.05, 3.63) is 0 Å². The van der Waals surface area contributed by atoms with E-state index >= 15 is 0 Å². The minimum atomic E-state index is -0.884. The number of amides is 2. The van der Waals surface area contributed by atoms with Crippen LogP contribution in [0.2, 0.25) is 0 Å². The molecule has 0 aromatic heterocycles. The van der Waals surface area contributed by atoms with Crippen molar-refractivity contribution in [2.75, 3.05) is 33.9 Å². The van der Waals surface area contributed by atoms with Crippen LogP contribution in [0.1, 0.15) is 12.8 Å². The zero-order valence-corrected chi connectivity index (χ0v) is 9.78. The second kappa shape index (κ2) is 5.27. The van der Waals surface area contributed by atoms with E-state index in [4.69, 9.17) is 10.5 Å². The number of rotatable bonds is 3. The molecule has 6 nitrogen and oxygen atoms in total. The fraction of sp³-hybridized carbons (Fsp3) is 0.800. The average molecular weight is 229 g/mol. The average Bonchev–Trinajstić information content (AvgIpc) is 2.26. The molecule has 0 aliphatic carbocycles. The molecule has 0 spiro atoms. The lowest BCUT2D eigenvalue weighted by molar-refractivity contribution is -0.134. The third-order valence-corrected chi connectivity index (χ3v) is 2.74. The molecule has 92 valence electrons. The van der Waals surface area contributed by atoms with E-state index in [1.165, 1.54) is 4.90 Å². The summed E-state index contributed by atoms with van der Waals surface area (Å²) in [7, 11) is 3.28. The number of nitrogens with one attached hydrogen (secondary N) is 1. The van der Waals surface area contributed by atoms with Crippen molar-refractivity contribution in [2.45, 2.75) is 18.4 Å². The fourth-order valence-corrected chi connectivity index (χ4v) is 1.45. The van der Waals surface area contributed by atoms with E-state index in [1.807, 2.05) is 0 Å². The first-order valence-electron chi connectivity index (χ1n) is 5.31. The Bertz CT molecular complexity index is 272. The van der Waals surface area contributed by atoms with Crippen molar-refractivity contribution in [1.29, 1.82) is 0 Å². The second-order valence-electron chi connectivity index (χ2n) is 4.24. The lowest BCUT2D eigenvalue weighted by atomic mass is 9.90. The first kappa shape index (κ1) is 12.9. The standard InChI is InChI=1S/C10H19N3O3/c1-13(2)8(14)7-12-9(15)10(11)3-5-16-6-4-10/h3-7,11H2,1-2H3,(H,12,15). The van der Waals surface area contributed by atoms with Gasteiger partial charge in [-0.3, -0.25) is 9.59 Å². The molecule has 2 amide bonds. The van der Waals surface area contributed by atoms with E-state index in [1.54, 1.807) is 14.1 Å². The van der Waals surface area contributed by atoms with E-state index in [9.17, 15) is 9.59 Å². The molecule has 1 rings (SSSR count). The molecule has 0 radical (unpaired) electrons. The molecule has 1 fully saturated rings. The number of carbonyl (C=O) groups excluding carboxylic acids is 2. The van der Waals surface area contributed by atoms with Crippen LogP contribution in [0.15, 0.2) is 0 Å². The molecule has 0 saturated carbocycles. The molecule has 0 aromatic rings. The van der Waals surface area contributed by atoms with Crippen LogP contribution in [0.25, 0.3) is 0 Å². The maximum atomic E-state index is 11.8. The maximum Gasteiger partial charge on any atom is 0.241 e. The lowest BCUT2D eigenvalue weighted by Crippen LogP contribution is -2.57. The van der Waals surface area contributed by atoms with Crippen LogP contribution in [-0.2, 0) is 14.3 Å². The predicted octanol–water partition coefficient (Wildman–Crippen LogP) is -1.30. The molecule has 1 saturated heterocycles. The van der Waals surface area contributed by atoms with Gasteiger partial charge in [0.1, 0.15) is 0 Å². The van der Waals surface area contributed by atoms with Crippen molar-refractivity contribution in [3.63, 3.8) is 0 Å². The highest BCUT2D eigenvalue weighted by molar-refractivity contribution is 5.90. The summed E-state index contributed by atoms with van der Waals surface area (Å²) in [4.78, 5) is 24.5. The predicted molar refractivity (Wildman–Crippen MR) is 58.7 cm³/mol. The topological polar surface area (TPSA) is 84.7 Å². The smallest absolute Gasteiger partial charge is 0.241 e. The van der Waals surface area contributed by atoms with E-state index in [2.05, 4.69) is 5.32 Å². The molecular formula is C10H19N3O3. The van der Waals surface area contributed by atoms with Gasteiger partial charge < -0.3 is 20.7 Å². The minimum absolute atomic E-state index is 0.00829. The summed E-state index contributed by atoms with van der Waals surface area (Å²) in [6.07, 6.45) is 0.990. The number of carbonyl (C=O) groups is 2. The summed E-state index contributed by atoms with van der Waals surface area (Å²) in [5, 5.41) is 2.56. The molecule has 6 heteroatoms. The quantitative estimate of drug-likeness (QED) is 0.630. The van der Waals surface area contributed by atoms with Crippen LogP contribution < -0.4 is 11.1 Å². The first-order chi connectivity index (χ1) is 7.46. The zero-order chi connectivity index (χ0) is 12.2. The molecule has 0 atom stereocenters. The summed E-state index contributed by atoms with van der Waals surface area (Å²) in [6, 6.07) is 0. The van der Waals surface area contributed by atoms with Crippen molar-refractivity contribution >= 4 is 11.8 Å². The highest BCUT2D eigenvalue weighted by Gasteiger charge is 2.35. The van der Waals surface area contributed by atoms with E-state index in [0.717, 1.165) is 0 Å². The molecule has 0 aromatic carbocycles. The van der Waals surface area contributed by atoms with Gasteiger partial charge in [0.15, 0.2) is 0 Å². The molecule has 0 unspecified atom stereocenters. The Morgan fingerprint density at radius 2 is 1.94 bits per heavy atom. The van der Waals surface area contributed by atoms with Gasteiger partial charge in [0.05, 0.1) is 12.1 Å². The molecule has 1 aliphatic heterocycles. The molecule has 16 heavy (non-hydrogen) atoms. The first-order valence-corrected chi connectivity index (χ1v) is 5.31. The summed E-state index contributed by atoms with van der Waals surface area (Å²) in [5.74, 6) is -0.421. The van der Waals surface area contributed by atoms with Crippen LogP contribution in [-0.4, -0.2) is 56.1 Å². The van der Waals surface area contributed by atoms with Gasteiger partial charge in [-0.15, -0.1) is 0 Å². The van der Waals surface area contributed by atoms with Gasteiger partial charge in [0, 0.05) is 27.3 Å². The molecule has 1 heterocycles. The second-order valence-corrected chi connectivity index (χ2v) is 4.24. The van der Waals surface area contributed by atoms with Gasteiger partial charge in [-0.05, 0) is 12.8 Å². The molecule has 3 N–H and O–H groups in total. The number of ether oxygens (including phenoxy) is 1. The highest BCUT2D eigenvalue weighted by atomic mass is 16.5. The lowest BCUT2D eigenvalue weighted by Gasteiger charge is -2.31. The molecular weight excluding hydrogens is 210 g/mol. The monoisotopic (exact) mass is 229 g/mol. The number of hydrogen-bond donors (Lipinski definition) is 2. The van der Waals surface area contributed by atoms with Crippen molar-refractivity contribution in [3.8, 4) is 0 Å². The Balaban J connectivity index is 2.42. The van der Waals surface area contributed by atoms with Crippen LogP contribution >= 0.6 is 0 Å². The molecule has 1 aliphatic rings. The molecule has 0 bridgehead atoms. The van der Waals surface area contributed by atoms with Crippen LogP contribution in [0.5, 0.6) is 0 Å². The number of hydrogen-bond acceptors (Lipinski definition) is 4. The Labute approximate surface area is 95.1 Å². The highest BCUT2D eigenvalue weighted by Crippen LogP contribution is 2.17. The Hall–Kier alpha value is -1.14. The summed E-state index contributed by atoms with van der Waals surface area (Å²) >= 11 is 0. The van der Waals surface area contributed by atoms with Crippen LogP contribution in [0, 0.1) is 0 Å². The van der Waals surface area contributed by atoms with Crippen LogP contribution in [0.4, 0.5) is 0 Å². The zero-order valence-electron chi connectivity index (χ0n) is 9.78. The number of likely N-dealkylation sites (N-methyl/N-ethyl adjacent to an activating group) is 1. The van der Waals surface area contributed by atoms with Gasteiger partial charge in [-0.25, -0.2) is 0 Å². The Morgan fingerprint density at radius 3 is 2.44 bits per heavy atom. The third kappa shape index (κ3) is 3.18. The largest absolute Gasteiger partial charge is 0.381 e. The van der Waals surface area contributed by atoms with Crippen molar-refractivity contribution < 1.29 is 14.3 Å². The maximum absolute atomic E-state index is 11.8. The summed E-state index contributed by atoms with van der Waals surface area (Å²) in [6.45, 7) is 0.975. The SMILES string of the molecule is CN(C)C(=O)CNC(=O)C1(N)CCOCC1. The van der Waals surface area contributed by atoms with E-state index < -0.39 is 5.54 Å². The van der Waals surface area contributed by atoms with Gasteiger partial charge in [0.25, 0.3) is 0 Å². The summed E-state index contributed by atoms with van der Waals surface area (Å²) < 4.78 is 5.14. The van der Waals surface area contributed by atoms with Crippen molar-refractivity contribution in [1.82, 2.24) is 10.2 Å². The third-order valence-electron chi connectivity index (χ3n) is 2.74. The summed E-state index contributed by atoms with van der Waals surface area (Å²) in [5.41, 5.74) is 5.06. The van der Waals surface area contributed by atoms with Gasteiger partial charge in [-0.2, -0.15) is 0 Å². The van der Waals surface area contributed by atoms with Gasteiger partial charge in [-0.1, -0.05) is 0 Å². The van der Waals surface area contributed by atoms with Gasteiger partial charge >= 0.3 is 0 Å².